The molecule has 3 heteroatoms. The van der Waals surface area contributed by atoms with E-state index in [-0.39, 0.29) is 5.54 Å². The van der Waals surface area contributed by atoms with Crippen molar-refractivity contribution in [3.8, 4) is 0 Å². The second-order valence-electron chi connectivity index (χ2n) is 4.39. The lowest BCUT2D eigenvalue weighted by Gasteiger charge is -2.24. The molecule has 0 radical (unpaired) electrons. The molecule has 0 bridgehead atoms. The monoisotopic (exact) mass is 217 g/mol. The SMILES string of the molecule is CCCOCCOCCNC(C)(C)CC. The minimum Gasteiger partial charge on any atom is -0.379 e. The highest BCUT2D eigenvalue weighted by molar-refractivity contribution is 4.74. The van der Waals surface area contributed by atoms with Crippen molar-refractivity contribution >= 4 is 0 Å². The van der Waals surface area contributed by atoms with Crippen LogP contribution in [0.2, 0.25) is 0 Å². The van der Waals surface area contributed by atoms with Gasteiger partial charge in [0.2, 0.25) is 0 Å². The van der Waals surface area contributed by atoms with Gasteiger partial charge in [0.1, 0.15) is 0 Å². The summed E-state index contributed by atoms with van der Waals surface area (Å²) in [6, 6.07) is 0. The lowest BCUT2D eigenvalue weighted by Crippen LogP contribution is -2.40. The van der Waals surface area contributed by atoms with Gasteiger partial charge in [0.05, 0.1) is 19.8 Å². The number of nitrogens with one attached hydrogen (secondary N) is 1. The predicted molar refractivity (Wildman–Crippen MR) is 64.3 cm³/mol. The Kier molecular flexibility index (Phi) is 9.06. The van der Waals surface area contributed by atoms with Gasteiger partial charge in [-0.3, -0.25) is 0 Å². The first-order valence-electron chi connectivity index (χ1n) is 6.03. The van der Waals surface area contributed by atoms with E-state index in [4.69, 9.17) is 9.47 Å². The molecule has 0 aliphatic heterocycles. The van der Waals surface area contributed by atoms with Crippen molar-refractivity contribution in [1.29, 1.82) is 0 Å². The molecule has 0 rings (SSSR count). The topological polar surface area (TPSA) is 30.5 Å². The second-order valence-corrected chi connectivity index (χ2v) is 4.39. The van der Waals surface area contributed by atoms with Crippen LogP contribution in [0.5, 0.6) is 0 Å². The van der Waals surface area contributed by atoms with Crippen LogP contribution in [0.4, 0.5) is 0 Å². The predicted octanol–water partition coefficient (Wildman–Crippen LogP) is 2.21. The molecule has 0 saturated carbocycles. The molecule has 0 atom stereocenters. The smallest absolute Gasteiger partial charge is 0.0701 e. The highest BCUT2D eigenvalue weighted by atomic mass is 16.5. The van der Waals surface area contributed by atoms with Gasteiger partial charge in [-0.25, -0.2) is 0 Å². The van der Waals surface area contributed by atoms with E-state index >= 15 is 0 Å². The van der Waals surface area contributed by atoms with Crippen LogP contribution < -0.4 is 5.32 Å². The van der Waals surface area contributed by atoms with Gasteiger partial charge in [-0.1, -0.05) is 13.8 Å². The van der Waals surface area contributed by atoms with E-state index in [0.29, 0.717) is 13.2 Å². The third-order valence-electron chi connectivity index (χ3n) is 2.45. The molecule has 1 N–H and O–H groups in total. The van der Waals surface area contributed by atoms with Gasteiger partial charge in [0, 0.05) is 18.7 Å². The third kappa shape index (κ3) is 10.2. The average molecular weight is 217 g/mol. The van der Waals surface area contributed by atoms with Crippen LogP contribution in [0.25, 0.3) is 0 Å². The van der Waals surface area contributed by atoms with Crippen LogP contribution in [0.15, 0.2) is 0 Å². The van der Waals surface area contributed by atoms with Gasteiger partial charge >= 0.3 is 0 Å². The summed E-state index contributed by atoms with van der Waals surface area (Å²) in [6.07, 6.45) is 2.21. The van der Waals surface area contributed by atoms with Crippen molar-refractivity contribution in [1.82, 2.24) is 5.32 Å². The average Bonchev–Trinajstić information content (AvgIpc) is 2.22. The van der Waals surface area contributed by atoms with E-state index in [0.717, 1.165) is 32.6 Å². The normalized spacial score (nSPS) is 12.0. The Hall–Kier alpha value is -0.120. The van der Waals surface area contributed by atoms with Crippen molar-refractivity contribution in [3.63, 3.8) is 0 Å². The van der Waals surface area contributed by atoms with Crippen molar-refractivity contribution < 1.29 is 9.47 Å². The van der Waals surface area contributed by atoms with Crippen molar-refractivity contribution in [2.24, 2.45) is 0 Å². The molecular weight excluding hydrogens is 190 g/mol. The number of ether oxygens (including phenoxy) is 2. The van der Waals surface area contributed by atoms with E-state index in [2.05, 4.69) is 33.0 Å². The third-order valence-corrected chi connectivity index (χ3v) is 2.45. The fraction of sp³-hybridized carbons (Fsp3) is 1.00. The first-order valence-corrected chi connectivity index (χ1v) is 6.03. The van der Waals surface area contributed by atoms with Crippen LogP contribution in [0.3, 0.4) is 0 Å². The maximum Gasteiger partial charge on any atom is 0.0701 e. The first-order chi connectivity index (χ1) is 7.12. The molecule has 15 heavy (non-hydrogen) atoms. The summed E-state index contributed by atoms with van der Waals surface area (Å²) in [4.78, 5) is 0. The molecule has 0 aliphatic carbocycles. The van der Waals surface area contributed by atoms with Gasteiger partial charge in [-0.2, -0.15) is 0 Å². The quantitative estimate of drug-likeness (QED) is 0.569. The van der Waals surface area contributed by atoms with Crippen molar-refractivity contribution in [3.05, 3.63) is 0 Å². The van der Waals surface area contributed by atoms with Gasteiger partial charge < -0.3 is 14.8 Å². The summed E-state index contributed by atoms with van der Waals surface area (Å²) < 4.78 is 10.7. The Balaban J connectivity index is 3.11. The zero-order chi connectivity index (χ0) is 11.6. The number of hydrogen-bond donors (Lipinski definition) is 1. The molecule has 0 saturated heterocycles. The molecule has 0 amide bonds. The fourth-order valence-electron chi connectivity index (χ4n) is 1.05. The van der Waals surface area contributed by atoms with Gasteiger partial charge in [-0.05, 0) is 26.7 Å². The van der Waals surface area contributed by atoms with E-state index in [1.54, 1.807) is 0 Å². The lowest BCUT2D eigenvalue weighted by molar-refractivity contribution is 0.0474. The van der Waals surface area contributed by atoms with Crippen LogP contribution >= 0.6 is 0 Å². The van der Waals surface area contributed by atoms with Crippen molar-refractivity contribution in [2.45, 2.75) is 46.1 Å². The minimum atomic E-state index is 0.224. The minimum absolute atomic E-state index is 0.224. The molecule has 0 aromatic heterocycles. The van der Waals surface area contributed by atoms with E-state index < -0.39 is 0 Å². The molecular formula is C12H27NO2. The maximum atomic E-state index is 5.43. The highest BCUT2D eigenvalue weighted by Gasteiger charge is 2.12. The van der Waals surface area contributed by atoms with Crippen LogP contribution in [-0.4, -0.2) is 38.5 Å². The molecule has 0 aromatic rings. The Bertz CT molecular complexity index is 138. The first kappa shape index (κ1) is 14.9. The standard InChI is InChI=1S/C12H27NO2/c1-5-8-14-10-11-15-9-7-13-12(3,4)6-2/h13H,5-11H2,1-4H3. The summed E-state index contributed by atoms with van der Waals surface area (Å²) in [5.74, 6) is 0. The number of rotatable bonds is 10. The van der Waals surface area contributed by atoms with Crippen LogP contribution in [0.1, 0.15) is 40.5 Å². The number of hydrogen-bond acceptors (Lipinski definition) is 3. The fourth-order valence-corrected chi connectivity index (χ4v) is 1.05. The Labute approximate surface area is 94.5 Å². The second kappa shape index (κ2) is 9.13. The molecule has 92 valence electrons. The molecule has 0 spiro atoms. The van der Waals surface area contributed by atoms with Crippen LogP contribution in [-0.2, 0) is 9.47 Å². The molecule has 0 unspecified atom stereocenters. The summed E-state index contributed by atoms with van der Waals surface area (Å²) in [5.41, 5.74) is 0.224. The molecule has 0 aromatic carbocycles. The van der Waals surface area contributed by atoms with Crippen LogP contribution in [0, 0.1) is 0 Å². The van der Waals surface area contributed by atoms with E-state index in [1.165, 1.54) is 0 Å². The summed E-state index contributed by atoms with van der Waals surface area (Å²) in [5, 5.41) is 3.44. The van der Waals surface area contributed by atoms with Gasteiger partial charge in [-0.15, -0.1) is 0 Å². The zero-order valence-electron chi connectivity index (χ0n) is 10.8. The maximum absolute atomic E-state index is 5.43. The summed E-state index contributed by atoms with van der Waals surface area (Å²) in [6.45, 7) is 12.6. The van der Waals surface area contributed by atoms with E-state index in [1.807, 2.05) is 0 Å². The lowest BCUT2D eigenvalue weighted by atomic mass is 10.0. The zero-order valence-corrected chi connectivity index (χ0v) is 10.8. The van der Waals surface area contributed by atoms with Gasteiger partial charge in [0.25, 0.3) is 0 Å². The Morgan fingerprint density at radius 1 is 0.933 bits per heavy atom. The van der Waals surface area contributed by atoms with E-state index in [9.17, 15) is 0 Å². The molecule has 3 nitrogen and oxygen atoms in total. The Morgan fingerprint density at radius 2 is 1.53 bits per heavy atom. The largest absolute Gasteiger partial charge is 0.379 e. The summed E-state index contributed by atoms with van der Waals surface area (Å²) in [7, 11) is 0. The Morgan fingerprint density at radius 3 is 2.07 bits per heavy atom. The highest BCUT2D eigenvalue weighted by Crippen LogP contribution is 2.05. The van der Waals surface area contributed by atoms with Gasteiger partial charge in [0.15, 0.2) is 0 Å². The molecule has 0 aliphatic rings. The van der Waals surface area contributed by atoms with Crippen molar-refractivity contribution in [2.75, 3.05) is 33.0 Å². The molecule has 0 heterocycles. The molecule has 0 fully saturated rings. The summed E-state index contributed by atoms with van der Waals surface area (Å²) >= 11 is 0.